The summed E-state index contributed by atoms with van der Waals surface area (Å²) in [5.41, 5.74) is 2.31. The Morgan fingerprint density at radius 3 is 2.26 bits per heavy atom. The molecule has 3 aromatic rings. The van der Waals surface area contributed by atoms with Crippen molar-refractivity contribution in [1.82, 2.24) is 0 Å². The molecule has 0 bridgehead atoms. The number of rotatable bonds is 7. The summed E-state index contributed by atoms with van der Waals surface area (Å²) in [7, 11) is -3.76. The highest BCUT2D eigenvalue weighted by Gasteiger charge is 2.14. The van der Waals surface area contributed by atoms with Crippen LogP contribution in [0.2, 0.25) is 0 Å². The first-order valence-corrected chi connectivity index (χ1v) is 10.6. The van der Waals surface area contributed by atoms with E-state index in [4.69, 9.17) is 0 Å². The number of nitro benzene ring substituents is 1. The highest BCUT2D eigenvalue weighted by Crippen LogP contribution is 2.19. The molecule has 31 heavy (non-hydrogen) atoms. The molecule has 0 heterocycles. The third-order valence-electron chi connectivity index (χ3n) is 4.24. The zero-order chi connectivity index (χ0) is 22.4. The van der Waals surface area contributed by atoms with E-state index in [9.17, 15) is 23.3 Å². The van der Waals surface area contributed by atoms with E-state index in [2.05, 4.69) is 10.0 Å². The van der Waals surface area contributed by atoms with Gasteiger partial charge in [0.05, 0.1) is 9.82 Å². The number of carbonyl (C=O) groups is 1. The number of benzene rings is 3. The zero-order valence-electron chi connectivity index (χ0n) is 16.5. The van der Waals surface area contributed by atoms with Crippen LogP contribution in [0.15, 0.2) is 83.8 Å². The molecular weight excluding hydrogens is 418 g/mol. The van der Waals surface area contributed by atoms with Crippen LogP contribution in [-0.2, 0) is 14.8 Å². The first-order valence-electron chi connectivity index (χ1n) is 9.16. The molecule has 0 radical (unpaired) electrons. The van der Waals surface area contributed by atoms with Gasteiger partial charge in [0.2, 0.25) is 5.91 Å². The lowest BCUT2D eigenvalue weighted by Gasteiger charge is -2.09. The maximum atomic E-state index is 12.5. The fourth-order valence-electron chi connectivity index (χ4n) is 2.65. The van der Waals surface area contributed by atoms with Crippen molar-refractivity contribution in [2.45, 2.75) is 11.8 Å². The lowest BCUT2D eigenvalue weighted by Crippen LogP contribution is -2.13. The molecular formula is C22H19N3O5S. The van der Waals surface area contributed by atoms with E-state index in [0.717, 1.165) is 5.56 Å². The number of aryl methyl sites for hydroxylation is 1. The number of non-ortho nitro benzene ring substituents is 1. The van der Waals surface area contributed by atoms with Crippen molar-refractivity contribution in [1.29, 1.82) is 0 Å². The fraction of sp³-hybridized carbons (Fsp3) is 0.0455. The Kier molecular flexibility index (Phi) is 6.46. The Bertz CT molecular complexity index is 1230. The quantitative estimate of drug-likeness (QED) is 0.323. The third-order valence-corrected chi connectivity index (χ3v) is 5.64. The third kappa shape index (κ3) is 6.00. The summed E-state index contributed by atoms with van der Waals surface area (Å²) in [6.45, 7) is 1.91. The van der Waals surface area contributed by atoms with Crippen molar-refractivity contribution in [3.05, 3.63) is 100 Å². The summed E-state index contributed by atoms with van der Waals surface area (Å²) >= 11 is 0. The number of nitrogens with one attached hydrogen (secondary N) is 2. The second kappa shape index (κ2) is 9.23. The fourth-order valence-corrected chi connectivity index (χ4v) is 3.71. The first kappa shape index (κ1) is 21.7. The van der Waals surface area contributed by atoms with E-state index >= 15 is 0 Å². The SMILES string of the molecule is Cc1ccc(NS(=O)(=O)c2ccc(NC(=O)/C=C/c3cccc([N+](=O)[O-])c3)cc2)cc1. The van der Waals surface area contributed by atoms with Crippen LogP contribution in [0.25, 0.3) is 6.08 Å². The molecule has 158 valence electrons. The number of hydrogen-bond donors (Lipinski definition) is 2. The number of hydrogen-bond acceptors (Lipinski definition) is 5. The number of carbonyl (C=O) groups excluding carboxylic acids is 1. The summed E-state index contributed by atoms with van der Waals surface area (Å²) in [5, 5.41) is 13.4. The van der Waals surface area contributed by atoms with Crippen LogP contribution in [0, 0.1) is 17.0 Å². The number of amides is 1. The Labute approximate surface area is 179 Å². The highest BCUT2D eigenvalue weighted by molar-refractivity contribution is 7.92. The summed E-state index contributed by atoms with van der Waals surface area (Å²) in [6, 6.07) is 18.6. The van der Waals surface area contributed by atoms with Crippen molar-refractivity contribution in [3.63, 3.8) is 0 Å². The minimum Gasteiger partial charge on any atom is -0.323 e. The van der Waals surface area contributed by atoms with Crippen LogP contribution < -0.4 is 10.0 Å². The van der Waals surface area contributed by atoms with E-state index in [1.54, 1.807) is 30.3 Å². The monoisotopic (exact) mass is 437 g/mol. The minimum absolute atomic E-state index is 0.0539. The maximum Gasteiger partial charge on any atom is 0.270 e. The molecule has 0 aromatic heterocycles. The van der Waals surface area contributed by atoms with Gasteiger partial charge in [-0.1, -0.05) is 29.8 Å². The second-order valence-corrected chi connectivity index (χ2v) is 8.35. The van der Waals surface area contributed by atoms with Crippen molar-refractivity contribution in [2.75, 3.05) is 10.0 Å². The van der Waals surface area contributed by atoms with E-state index < -0.39 is 20.9 Å². The standard InChI is InChI=1S/C22H19N3O5S/c1-16-5-8-19(9-6-16)24-31(29,30)21-12-10-18(11-13-21)23-22(26)14-7-17-3-2-4-20(15-17)25(27)28/h2-15,24H,1H3,(H,23,26)/b14-7+. The van der Waals surface area contributed by atoms with Crippen LogP contribution in [0.4, 0.5) is 17.1 Å². The van der Waals surface area contributed by atoms with Crippen molar-refractivity contribution < 1.29 is 18.1 Å². The van der Waals surface area contributed by atoms with Gasteiger partial charge in [0.1, 0.15) is 0 Å². The summed E-state index contributed by atoms with van der Waals surface area (Å²) in [6.07, 6.45) is 2.69. The van der Waals surface area contributed by atoms with Crippen LogP contribution in [-0.4, -0.2) is 19.2 Å². The molecule has 0 saturated carbocycles. The summed E-state index contributed by atoms with van der Waals surface area (Å²) in [5.74, 6) is -0.458. The highest BCUT2D eigenvalue weighted by atomic mass is 32.2. The minimum atomic E-state index is -3.76. The van der Waals surface area contributed by atoms with E-state index in [0.29, 0.717) is 16.9 Å². The van der Waals surface area contributed by atoms with Crippen molar-refractivity contribution in [3.8, 4) is 0 Å². The number of nitro groups is 1. The second-order valence-electron chi connectivity index (χ2n) is 6.67. The van der Waals surface area contributed by atoms with Crippen LogP contribution in [0.5, 0.6) is 0 Å². The number of sulfonamides is 1. The topological polar surface area (TPSA) is 118 Å². The van der Waals surface area contributed by atoms with Gasteiger partial charge in [-0.3, -0.25) is 19.6 Å². The van der Waals surface area contributed by atoms with Gasteiger partial charge >= 0.3 is 0 Å². The molecule has 2 N–H and O–H groups in total. The zero-order valence-corrected chi connectivity index (χ0v) is 17.3. The molecule has 0 aliphatic rings. The van der Waals surface area contributed by atoms with Gasteiger partial charge in [-0.25, -0.2) is 8.42 Å². The Balaban J connectivity index is 1.64. The molecule has 0 unspecified atom stereocenters. The van der Waals surface area contributed by atoms with Crippen LogP contribution in [0.3, 0.4) is 0 Å². The molecule has 8 nitrogen and oxygen atoms in total. The molecule has 0 spiro atoms. The van der Waals surface area contributed by atoms with E-state index in [-0.39, 0.29) is 10.6 Å². The Morgan fingerprint density at radius 2 is 1.61 bits per heavy atom. The number of anilines is 2. The van der Waals surface area contributed by atoms with Gasteiger partial charge in [0, 0.05) is 29.6 Å². The van der Waals surface area contributed by atoms with Crippen molar-refractivity contribution >= 4 is 39.1 Å². The predicted octanol–water partition coefficient (Wildman–Crippen LogP) is 4.36. The maximum absolute atomic E-state index is 12.5. The van der Waals surface area contributed by atoms with Gasteiger partial charge in [0.15, 0.2) is 0 Å². The largest absolute Gasteiger partial charge is 0.323 e. The Hall–Kier alpha value is -3.98. The van der Waals surface area contributed by atoms with Gasteiger partial charge < -0.3 is 5.32 Å². The summed E-state index contributed by atoms with van der Waals surface area (Å²) < 4.78 is 27.5. The summed E-state index contributed by atoms with van der Waals surface area (Å²) in [4.78, 5) is 22.4. The Morgan fingerprint density at radius 1 is 0.968 bits per heavy atom. The molecule has 0 aliphatic heterocycles. The lowest BCUT2D eigenvalue weighted by atomic mass is 10.2. The molecule has 0 atom stereocenters. The molecule has 3 rings (SSSR count). The van der Waals surface area contributed by atoms with Crippen LogP contribution in [0.1, 0.15) is 11.1 Å². The van der Waals surface area contributed by atoms with Gasteiger partial charge in [-0.2, -0.15) is 0 Å². The van der Waals surface area contributed by atoms with Crippen LogP contribution >= 0.6 is 0 Å². The number of nitrogens with zero attached hydrogens (tertiary/aromatic N) is 1. The average molecular weight is 437 g/mol. The predicted molar refractivity (Wildman–Crippen MR) is 119 cm³/mol. The lowest BCUT2D eigenvalue weighted by molar-refractivity contribution is -0.384. The normalized spacial score (nSPS) is 11.3. The van der Waals surface area contributed by atoms with E-state index in [1.807, 2.05) is 6.92 Å². The molecule has 3 aromatic carbocycles. The van der Waals surface area contributed by atoms with Gasteiger partial charge in [-0.15, -0.1) is 0 Å². The van der Waals surface area contributed by atoms with E-state index in [1.165, 1.54) is 54.6 Å². The average Bonchev–Trinajstić information content (AvgIpc) is 2.74. The molecule has 0 fully saturated rings. The van der Waals surface area contributed by atoms with Crippen molar-refractivity contribution in [2.24, 2.45) is 0 Å². The smallest absolute Gasteiger partial charge is 0.270 e. The van der Waals surface area contributed by atoms with Gasteiger partial charge in [0.25, 0.3) is 15.7 Å². The molecule has 0 saturated heterocycles. The van der Waals surface area contributed by atoms with Gasteiger partial charge in [-0.05, 0) is 55.0 Å². The first-order chi connectivity index (χ1) is 14.7. The molecule has 9 heteroatoms. The molecule has 1 amide bonds. The molecule has 0 aliphatic carbocycles.